The first-order valence-electron chi connectivity index (χ1n) is 9.50. The standard InChI is InChI=1S/C22H26FNO4/c1-4-5-22(25)24-11-10-15-12-20(26-2)21(27-3)13-18(15)19(24)14-28-17-8-6-16(23)7-9-17/h6-9,12-13,19H,4-5,10-11,14H2,1-3H3. The molecule has 1 unspecified atom stereocenters. The molecule has 0 saturated carbocycles. The number of hydrogen-bond acceptors (Lipinski definition) is 4. The average molecular weight is 387 g/mol. The number of hydrogen-bond donors (Lipinski definition) is 0. The summed E-state index contributed by atoms with van der Waals surface area (Å²) in [6.45, 7) is 2.90. The minimum atomic E-state index is -0.313. The molecule has 28 heavy (non-hydrogen) atoms. The van der Waals surface area contributed by atoms with Gasteiger partial charge in [-0.2, -0.15) is 0 Å². The summed E-state index contributed by atoms with van der Waals surface area (Å²) in [4.78, 5) is 14.6. The van der Waals surface area contributed by atoms with Crippen molar-refractivity contribution in [3.8, 4) is 17.2 Å². The van der Waals surface area contributed by atoms with Crippen LogP contribution in [0.4, 0.5) is 4.39 Å². The Morgan fingerprint density at radius 1 is 1.14 bits per heavy atom. The molecule has 1 aliphatic rings. The third kappa shape index (κ3) is 4.21. The minimum absolute atomic E-state index is 0.107. The molecule has 0 spiro atoms. The van der Waals surface area contributed by atoms with E-state index < -0.39 is 0 Å². The largest absolute Gasteiger partial charge is 0.493 e. The molecule has 2 aromatic rings. The average Bonchev–Trinajstić information content (AvgIpc) is 2.72. The molecule has 0 aliphatic carbocycles. The van der Waals surface area contributed by atoms with Gasteiger partial charge in [0, 0.05) is 13.0 Å². The third-order valence-corrected chi connectivity index (χ3v) is 5.01. The second kappa shape index (κ2) is 8.95. The van der Waals surface area contributed by atoms with Crippen molar-refractivity contribution in [3.05, 3.63) is 53.3 Å². The quantitative estimate of drug-likeness (QED) is 0.716. The zero-order valence-electron chi connectivity index (χ0n) is 16.5. The van der Waals surface area contributed by atoms with E-state index in [2.05, 4.69) is 0 Å². The van der Waals surface area contributed by atoms with Crippen LogP contribution in [0.2, 0.25) is 0 Å². The van der Waals surface area contributed by atoms with Crippen molar-refractivity contribution in [2.24, 2.45) is 0 Å². The van der Waals surface area contributed by atoms with Crippen LogP contribution in [0, 0.1) is 5.82 Å². The molecule has 0 radical (unpaired) electrons. The lowest BCUT2D eigenvalue weighted by atomic mass is 9.91. The van der Waals surface area contributed by atoms with E-state index in [-0.39, 0.29) is 24.4 Å². The van der Waals surface area contributed by atoms with Crippen LogP contribution in [-0.4, -0.2) is 38.2 Å². The first-order valence-corrected chi connectivity index (χ1v) is 9.50. The van der Waals surface area contributed by atoms with Crippen LogP contribution in [0.25, 0.3) is 0 Å². The molecule has 0 fully saturated rings. The van der Waals surface area contributed by atoms with Crippen molar-refractivity contribution >= 4 is 5.91 Å². The number of carbonyl (C=O) groups is 1. The molecule has 1 heterocycles. The highest BCUT2D eigenvalue weighted by Gasteiger charge is 2.32. The molecule has 0 bridgehead atoms. The Labute approximate surface area is 165 Å². The SMILES string of the molecule is CCCC(=O)N1CCc2cc(OC)c(OC)cc2C1COc1ccc(F)cc1. The van der Waals surface area contributed by atoms with Gasteiger partial charge in [-0.05, 0) is 60.4 Å². The minimum Gasteiger partial charge on any atom is -0.493 e. The Balaban J connectivity index is 1.92. The van der Waals surface area contributed by atoms with E-state index in [4.69, 9.17) is 14.2 Å². The first-order chi connectivity index (χ1) is 13.6. The van der Waals surface area contributed by atoms with Crippen LogP contribution in [0.3, 0.4) is 0 Å². The highest BCUT2D eigenvalue weighted by Crippen LogP contribution is 2.38. The van der Waals surface area contributed by atoms with Gasteiger partial charge < -0.3 is 19.1 Å². The Hall–Kier alpha value is -2.76. The number of fused-ring (bicyclic) bond motifs is 1. The van der Waals surface area contributed by atoms with E-state index in [1.165, 1.54) is 12.1 Å². The zero-order chi connectivity index (χ0) is 20.1. The molecule has 2 aromatic carbocycles. The summed E-state index contributed by atoms with van der Waals surface area (Å²) in [6.07, 6.45) is 2.04. The maximum Gasteiger partial charge on any atom is 0.223 e. The van der Waals surface area contributed by atoms with E-state index in [0.29, 0.717) is 30.2 Å². The molecule has 150 valence electrons. The van der Waals surface area contributed by atoms with Gasteiger partial charge in [-0.15, -0.1) is 0 Å². The normalized spacial score (nSPS) is 15.7. The molecular formula is C22H26FNO4. The second-order valence-electron chi connectivity index (χ2n) is 6.77. The van der Waals surface area contributed by atoms with E-state index >= 15 is 0 Å². The number of halogens is 1. The maximum atomic E-state index is 13.2. The lowest BCUT2D eigenvalue weighted by Gasteiger charge is -2.37. The molecule has 0 aromatic heterocycles. The van der Waals surface area contributed by atoms with E-state index in [1.54, 1.807) is 26.4 Å². The van der Waals surface area contributed by atoms with Crippen LogP contribution in [0.15, 0.2) is 36.4 Å². The summed E-state index contributed by atoms with van der Waals surface area (Å²) in [5.74, 6) is 1.66. The number of ether oxygens (including phenoxy) is 3. The molecular weight excluding hydrogens is 361 g/mol. The van der Waals surface area contributed by atoms with Gasteiger partial charge in [0.25, 0.3) is 0 Å². The van der Waals surface area contributed by atoms with Gasteiger partial charge in [0.15, 0.2) is 11.5 Å². The predicted octanol–water partition coefficient (Wildman–Crippen LogP) is 4.15. The summed E-state index contributed by atoms with van der Waals surface area (Å²) in [5, 5.41) is 0. The number of methoxy groups -OCH3 is 2. The van der Waals surface area contributed by atoms with Crippen LogP contribution in [0.1, 0.15) is 36.9 Å². The van der Waals surface area contributed by atoms with Crippen molar-refractivity contribution in [2.45, 2.75) is 32.2 Å². The molecule has 1 atom stereocenters. The van der Waals surface area contributed by atoms with Crippen molar-refractivity contribution in [1.82, 2.24) is 4.90 Å². The van der Waals surface area contributed by atoms with Crippen molar-refractivity contribution in [3.63, 3.8) is 0 Å². The smallest absolute Gasteiger partial charge is 0.223 e. The number of benzene rings is 2. The number of amides is 1. The Morgan fingerprint density at radius 3 is 2.46 bits per heavy atom. The van der Waals surface area contributed by atoms with Gasteiger partial charge in [-0.3, -0.25) is 4.79 Å². The summed E-state index contributed by atoms with van der Waals surface area (Å²) in [5.41, 5.74) is 2.11. The number of nitrogens with zero attached hydrogens (tertiary/aromatic N) is 1. The van der Waals surface area contributed by atoms with Gasteiger partial charge in [0.1, 0.15) is 18.2 Å². The molecule has 1 aliphatic heterocycles. The Morgan fingerprint density at radius 2 is 1.82 bits per heavy atom. The lowest BCUT2D eigenvalue weighted by Crippen LogP contribution is -2.42. The van der Waals surface area contributed by atoms with Crippen LogP contribution < -0.4 is 14.2 Å². The topological polar surface area (TPSA) is 48.0 Å². The monoisotopic (exact) mass is 387 g/mol. The van der Waals surface area contributed by atoms with E-state index in [0.717, 1.165) is 24.0 Å². The molecule has 3 rings (SSSR count). The summed E-state index contributed by atoms with van der Waals surface area (Å²) < 4.78 is 29.9. The fourth-order valence-corrected chi connectivity index (χ4v) is 3.57. The zero-order valence-corrected chi connectivity index (χ0v) is 16.5. The maximum absolute atomic E-state index is 13.2. The Bertz CT molecular complexity index is 822. The van der Waals surface area contributed by atoms with Gasteiger partial charge in [-0.1, -0.05) is 6.92 Å². The molecule has 0 N–H and O–H groups in total. The van der Waals surface area contributed by atoms with Gasteiger partial charge in [-0.25, -0.2) is 4.39 Å². The molecule has 6 heteroatoms. The van der Waals surface area contributed by atoms with Crippen LogP contribution in [0.5, 0.6) is 17.2 Å². The second-order valence-corrected chi connectivity index (χ2v) is 6.77. The summed E-state index contributed by atoms with van der Waals surface area (Å²) in [7, 11) is 3.20. The highest BCUT2D eigenvalue weighted by molar-refractivity contribution is 5.77. The van der Waals surface area contributed by atoms with Crippen LogP contribution >= 0.6 is 0 Å². The predicted molar refractivity (Wildman–Crippen MR) is 105 cm³/mol. The van der Waals surface area contributed by atoms with Crippen molar-refractivity contribution < 1.29 is 23.4 Å². The fraction of sp³-hybridized carbons (Fsp3) is 0.409. The van der Waals surface area contributed by atoms with E-state index in [9.17, 15) is 9.18 Å². The number of carbonyl (C=O) groups excluding carboxylic acids is 1. The van der Waals surface area contributed by atoms with Gasteiger partial charge in [0.05, 0.1) is 20.3 Å². The third-order valence-electron chi connectivity index (χ3n) is 5.01. The van der Waals surface area contributed by atoms with Crippen molar-refractivity contribution in [1.29, 1.82) is 0 Å². The van der Waals surface area contributed by atoms with Gasteiger partial charge in [0.2, 0.25) is 5.91 Å². The van der Waals surface area contributed by atoms with Crippen LogP contribution in [-0.2, 0) is 11.2 Å². The van der Waals surface area contributed by atoms with E-state index in [1.807, 2.05) is 24.0 Å². The van der Waals surface area contributed by atoms with Gasteiger partial charge >= 0.3 is 0 Å². The highest BCUT2D eigenvalue weighted by atomic mass is 19.1. The summed E-state index contributed by atoms with van der Waals surface area (Å²) in [6, 6.07) is 9.56. The Kier molecular flexibility index (Phi) is 6.39. The first kappa shape index (κ1) is 20.0. The van der Waals surface area contributed by atoms with Crippen molar-refractivity contribution in [2.75, 3.05) is 27.4 Å². The molecule has 1 amide bonds. The number of rotatable bonds is 7. The fourth-order valence-electron chi connectivity index (χ4n) is 3.57. The molecule has 5 nitrogen and oxygen atoms in total. The lowest BCUT2D eigenvalue weighted by molar-refractivity contribution is -0.135. The summed E-state index contributed by atoms with van der Waals surface area (Å²) >= 11 is 0. The molecule has 0 saturated heterocycles.